The number of hydrogen-bond acceptors (Lipinski definition) is 4. The monoisotopic (exact) mass is 368 g/mol. The van der Waals surface area contributed by atoms with Crippen LogP contribution in [0, 0.1) is 0 Å². The lowest BCUT2D eigenvalue weighted by molar-refractivity contribution is 0.0893. The van der Waals surface area contributed by atoms with Crippen LogP contribution in [0.1, 0.15) is 20.7 Å². The zero-order valence-electron chi connectivity index (χ0n) is 11.7. The number of carbonyl (C=O) groups is 2. The molecule has 2 aromatic carbocycles. The standard InChI is InChI=1S/C17H9BrN2O3/c18-9-1-3-10(4-2-9)20-16(22)11-5-6-13(21)15-14(11)12(17(20)23)7-8-19-15/h1-8,21H. The highest BCUT2D eigenvalue weighted by molar-refractivity contribution is 9.10. The van der Waals surface area contributed by atoms with Gasteiger partial charge in [0.1, 0.15) is 11.3 Å². The first-order valence-electron chi connectivity index (χ1n) is 6.83. The smallest absolute Gasteiger partial charge is 0.266 e. The average molecular weight is 369 g/mol. The van der Waals surface area contributed by atoms with Gasteiger partial charge in [-0.05, 0) is 42.5 Å². The second-order valence-corrected chi connectivity index (χ2v) is 6.05. The highest BCUT2D eigenvalue weighted by atomic mass is 79.9. The van der Waals surface area contributed by atoms with Gasteiger partial charge in [-0.25, -0.2) is 4.90 Å². The van der Waals surface area contributed by atoms with Gasteiger partial charge in [0.15, 0.2) is 0 Å². The van der Waals surface area contributed by atoms with Crippen LogP contribution < -0.4 is 4.90 Å². The summed E-state index contributed by atoms with van der Waals surface area (Å²) in [6.07, 6.45) is 1.45. The predicted octanol–water partition coefficient (Wildman–Crippen LogP) is 3.50. The molecule has 1 aliphatic heterocycles. The fourth-order valence-electron chi connectivity index (χ4n) is 2.77. The van der Waals surface area contributed by atoms with Crippen LogP contribution >= 0.6 is 15.9 Å². The third-order valence-corrected chi connectivity index (χ3v) is 4.35. The van der Waals surface area contributed by atoms with E-state index in [1.165, 1.54) is 18.3 Å². The molecule has 0 unspecified atom stereocenters. The number of pyridine rings is 1. The number of rotatable bonds is 1. The lowest BCUT2D eigenvalue weighted by Gasteiger charge is -2.27. The van der Waals surface area contributed by atoms with Gasteiger partial charge in [0, 0.05) is 16.1 Å². The number of halogens is 1. The molecule has 0 spiro atoms. The summed E-state index contributed by atoms with van der Waals surface area (Å²) < 4.78 is 0.856. The summed E-state index contributed by atoms with van der Waals surface area (Å²) >= 11 is 3.33. The molecule has 1 N–H and O–H groups in total. The van der Waals surface area contributed by atoms with E-state index in [1.54, 1.807) is 30.3 Å². The molecule has 1 aromatic heterocycles. The summed E-state index contributed by atoms with van der Waals surface area (Å²) in [7, 11) is 0. The minimum absolute atomic E-state index is 0.0525. The van der Waals surface area contributed by atoms with E-state index in [2.05, 4.69) is 20.9 Å². The van der Waals surface area contributed by atoms with Crippen molar-refractivity contribution in [2.75, 3.05) is 4.90 Å². The summed E-state index contributed by atoms with van der Waals surface area (Å²) in [5.41, 5.74) is 1.45. The number of benzene rings is 2. The summed E-state index contributed by atoms with van der Waals surface area (Å²) in [6.45, 7) is 0. The topological polar surface area (TPSA) is 70.5 Å². The van der Waals surface area contributed by atoms with Crippen molar-refractivity contribution in [3.05, 3.63) is 64.3 Å². The van der Waals surface area contributed by atoms with Crippen molar-refractivity contribution in [2.24, 2.45) is 0 Å². The molecule has 0 saturated carbocycles. The second-order valence-electron chi connectivity index (χ2n) is 5.14. The minimum atomic E-state index is -0.428. The van der Waals surface area contributed by atoms with Crippen molar-refractivity contribution >= 4 is 44.3 Å². The Balaban J connectivity index is 1.99. The molecule has 0 bridgehead atoms. The Morgan fingerprint density at radius 2 is 1.57 bits per heavy atom. The Bertz CT molecular complexity index is 961. The van der Waals surface area contributed by atoms with Gasteiger partial charge in [0.25, 0.3) is 11.8 Å². The van der Waals surface area contributed by atoms with Gasteiger partial charge in [-0.3, -0.25) is 14.6 Å². The molecule has 0 saturated heterocycles. The van der Waals surface area contributed by atoms with Crippen LogP contribution in [0.15, 0.2) is 53.1 Å². The lowest BCUT2D eigenvalue weighted by Crippen LogP contribution is -2.40. The van der Waals surface area contributed by atoms with E-state index in [9.17, 15) is 14.7 Å². The molecular formula is C17H9BrN2O3. The largest absolute Gasteiger partial charge is 0.506 e. The zero-order valence-corrected chi connectivity index (χ0v) is 13.2. The van der Waals surface area contributed by atoms with Crippen molar-refractivity contribution in [1.82, 2.24) is 4.98 Å². The maximum Gasteiger partial charge on any atom is 0.266 e. The molecule has 0 atom stereocenters. The fourth-order valence-corrected chi connectivity index (χ4v) is 3.03. The molecule has 1 aliphatic rings. The molecule has 6 heteroatoms. The molecule has 0 aliphatic carbocycles. The third-order valence-electron chi connectivity index (χ3n) is 3.82. The van der Waals surface area contributed by atoms with Crippen molar-refractivity contribution in [2.45, 2.75) is 0 Å². The van der Waals surface area contributed by atoms with Gasteiger partial charge in [-0.2, -0.15) is 0 Å². The highest BCUT2D eigenvalue weighted by Gasteiger charge is 2.34. The number of phenols is 1. The van der Waals surface area contributed by atoms with Crippen LogP contribution in [-0.4, -0.2) is 21.9 Å². The number of nitrogens with zero attached hydrogens (tertiary/aromatic N) is 2. The number of imide groups is 1. The first-order valence-corrected chi connectivity index (χ1v) is 7.62. The normalized spacial score (nSPS) is 13.7. The second kappa shape index (κ2) is 4.89. The molecule has 2 heterocycles. The number of amides is 2. The van der Waals surface area contributed by atoms with Crippen LogP contribution in [0.3, 0.4) is 0 Å². The molecule has 5 nitrogen and oxygen atoms in total. The Morgan fingerprint density at radius 3 is 2.26 bits per heavy atom. The van der Waals surface area contributed by atoms with Gasteiger partial charge in [0.2, 0.25) is 0 Å². The molecule has 2 amide bonds. The van der Waals surface area contributed by atoms with Gasteiger partial charge in [-0.15, -0.1) is 0 Å². The maximum atomic E-state index is 12.8. The van der Waals surface area contributed by atoms with Crippen molar-refractivity contribution in [1.29, 1.82) is 0 Å². The number of hydrogen-bond donors (Lipinski definition) is 1. The first-order chi connectivity index (χ1) is 11.1. The van der Waals surface area contributed by atoms with E-state index in [0.29, 0.717) is 22.2 Å². The Kier molecular flexibility index (Phi) is 2.96. The average Bonchev–Trinajstić information content (AvgIpc) is 2.56. The Morgan fingerprint density at radius 1 is 0.913 bits per heavy atom. The summed E-state index contributed by atoms with van der Waals surface area (Å²) in [5, 5.41) is 10.3. The van der Waals surface area contributed by atoms with Crippen LogP contribution in [0.4, 0.5) is 5.69 Å². The molecule has 3 aromatic rings. The van der Waals surface area contributed by atoms with Gasteiger partial charge >= 0.3 is 0 Å². The van der Waals surface area contributed by atoms with Crippen molar-refractivity contribution in [3.8, 4) is 5.75 Å². The highest BCUT2D eigenvalue weighted by Crippen LogP contribution is 2.35. The number of anilines is 1. The van der Waals surface area contributed by atoms with E-state index in [-0.39, 0.29) is 11.3 Å². The van der Waals surface area contributed by atoms with E-state index in [4.69, 9.17) is 0 Å². The van der Waals surface area contributed by atoms with Crippen LogP contribution in [0.5, 0.6) is 5.75 Å². The number of aromatic nitrogens is 1. The van der Waals surface area contributed by atoms with Crippen LogP contribution in [-0.2, 0) is 0 Å². The van der Waals surface area contributed by atoms with E-state index < -0.39 is 11.8 Å². The molecular weight excluding hydrogens is 360 g/mol. The van der Waals surface area contributed by atoms with Gasteiger partial charge < -0.3 is 5.11 Å². The van der Waals surface area contributed by atoms with E-state index >= 15 is 0 Å². The predicted molar refractivity (Wildman–Crippen MR) is 88.7 cm³/mol. The van der Waals surface area contributed by atoms with Crippen LogP contribution in [0.25, 0.3) is 10.9 Å². The first kappa shape index (κ1) is 13.9. The minimum Gasteiger partial charge on any atom is -0.506 e. The summed E-state index contributed by atoms with van der Waals surface area (Å²) in [5.74, 6) is -0.908. The summed E-state index contributed by atoms with van der Waals surface area (Å²) in [6, 6.07) is 11.4. The fraction of sp³-hybridized carbons (Fsp3) is 0. The number of aromatic hydroxyl groups is 1. The lowest BCUT2D eigenvalue weighted by atomic mass is 9.96. The van der Waals surface area contributed by atoms with Gasteiger partial charge in [-0.1, -0.05) is 15.9 Å². The molecule has 4 rings (SSSR count). The van der Waals surface area contributed by atoms with E-state index in [0.717, 1.165) is 9.37 Å². The quantitative estimate of drug-likeness (QED) is 0.667. The molecule has 0 radical (unpaired) electrons. The Hall–Kier alpha value is -2.73. The number of carbonyl (C=O) groups excluding carboxylic acids is 2. The zero-order chi connectivity index (χ0) is 16.1. The molecule has 0 fully saturated rings. The third kappa shape index (κ3) is 1.95. The van der Waals surface area contributed by atoms with Crippen LogP contribution in [0.2, 0.25) is 0 Å². The maximum absolute atomic E-state index is 12.8. The molecule has 23 heavy (non-hydrogen) atoms. The van der Waals surface area contributed by atoms with E-state index in [1.807, 2.05) is 0 Å². The van der Waals surface area contributed by atoms with Crippen molar-refractivity contribution in [3.63, 3.8) is 0 Å². The Labute approximate surface area is 139 Å². The number of phenolic OH excluding ortho intramolecular Hbond substituents is 1. The summed E-state index contributed by atoms with van der Waals surface area (Å²) in [4.78, 5) is 30.8. The molecule has 112 valence electrons. The SMILES string of the molecule is O=C1c2ccnc3c(O)ccc(c23)C(=O)N1c1ccc(Br)cc1. The van der Waals surface area contributed by atoms with Crippen molar-refractivity contribution < 1.29 is 14.7 Å². The van der Waals surface area contributed by atoms with Gasteiger partial charge in [0.05, 0.1) is 16.8 Å².